The van der Waals surface area contributed by atoms with Crippen LogP contribution in [0.1, 0.15) is 21.7 Å². The molecule has 0 aliphatic heterocycles. The number of amides is 1. The Bertz CT molecular complexity index is 1740. The molecule has 4 aromatic carbocycles. The molecule has 0 bridgehead atoms. The molecule has 0 saturated carbocycles. The van der Waals surface area contributed by atoms with E-state index in [1.165, 1.54) is 16.3 Å². The highest BCUT2D eigenvalue weighted by Crippen LogP contribution is 2.25. The SMILES string of the molecule is O=C(N/N=C/c1cn(Cc2cccc3ccccc23)c2ccccc12)c1cc2cc(Br)ccc2o1. The Hall–Kier alpha value is -4.16. The molecular formula is C29H20BrN3O2. The zero-order valence-corrected chi connectivity index (χ0v) is 20.2. The topological polar surface area (TPSA) is 59.5 Å². The van der Waals surface area contributed by atoms with Gasteiger partial charge in [-0.1, -0.05) is 76.6 Å². The summed E-state index contributed by atoms with van der Waals surface area (Å²) in [5.74, 6) is -0.179. The second-order valence-corrected chi connectivity index (χ2v) is 9.28. The maximum absolute atomic E-state index is 12.6. The highest BCUT2D eigenvalue weighted by Gasteiger charge is 2.13. The summed E-state index contributed by atoms with van der Waals surface area (Å²) in [5.41, 5.74) is 6.52. The van der Waals surface area contributed by atoms with Crippen molar-refractivity contribution in [2.24, 2.45) is 5.10 Å². The molecule has 6 heteroatoms. The lowest BCUT2D eigenvalue weighted by atomic mass is 10.0. The van der Waals surface area contributed by atoms with Gasteiger partial charge >= 0.3 is 5.91 Å². The molecule has 0 radical (unpaired) electrons. The minimum absolute atomic E-state index is 0.216. The molecule has 0 fully saturated rings. The first-order chi connectivity index (χ1) is 17.2. The third-order valence-corrected chi connectivity index (χ3v) is 6.61. The van der Waals surface area contributed by atoms with E-state index in [9.17, 15) is 4.79 Å². The maximum Gasteiger partial charge on any atom is 0.307 e. The van der Waals surface area contributed by atoms with Crippen molar-refractivity contribution in [1.82, 2.24) is 9.99 Å². The van der Waals surface area contributed by atoms with Gasteiger partial charge < -0.3 is 8.98 Å². The molecule has 0 aliphatic rings. The number of hydrazone groups is 1. The Morgan fingerprint density at radius 2 is 1.71 bits per heavy atom. The summed E-state index contributed by atoms with van der Waals surface area (Å²) < 4.78 is 8.80. The number of nitrogens with one attached hydrogen (secondary N) is 1. The Balaban J connectivity index is 1.27. The van der Waals surface area contributed by atoms with Crippen molar-refractivity contribution in [2.75, 3.05) is 0 Å². The zero-order chi connectivity index (χ0) is 23.8. The van der Waals surface area contributed by atoms with Gasteiger partial charge in [0.1, 0.15) is 5.58 Å². The molecule has 6 rings (SSSR count). The van der Waals surface area contributed by atoms with Gasteiger partial charge in [0.2, 0.25) is 0 Å². The van der Waals surface area contributed by atoms with Crippen molar-refractivity contribution in [3.8, 4) is 0 Å². The van der Waals surface area contributed by atoms with E-state index in [4.69, 9.17) is 4.42 Å². The number of hydrogen-bond acceptors (Lipinski definition) is 3. The van der Waals surface area contributed by atoms with Crippen LogP contribution in [0, 0.1) is 0 Å². The van der Waals surface area contributed by atoms with Gasteiger partial charge in [0.15, 0.2) is 5.76 Å². The van der Waals surface area contributed by atoms with Gasteiger partial charge in [0.25, 0.3) is 0 Å². The number of benzene rings is 4. The van der Waals surface area contributed by atoms with Crippen molar-refractivity contribution in [3.05, 3.63) is 119 Å². The third-order valence-electron chi connectivity index (χ3n) is 6.11. The van der Waals surface area contributed by atoms with E-state index < -0.39 is 5.91 Å². The van der Waals surface area contributed by atoms with E-state index in [1.807, 2.05) is 30.3 Å². The first-order valence-corrected chi connectivity index (χ1v) is 12.0. The molecule has 35 heavy (non-hydrogen) atoms. The second kappa shape index (κ2) is 8.89. The normalized spacial score (nSPS) is 11.7. The number of halogens is 1. The van der Waals surface area contributed by atoms with E-state index in [1.54, 1.807) is 12.3 Å². The van der Waals surface area contributed by atoms with Gasteiger partial charge in [0.05, 0.1) is 6.21 Å². The number of para-hydroxylation sites is 1. The van der Waals surface area contributed by atoms with Crippen LogP contribution in [0.3, 0.4) is 0 Å². The number of hydrogen-bond donors (Lipinski definition) is 1. The van der Waals surface area contributed by atoms with E-state index in [0.717, 1.165) is 32.9 Å². The lowest BCUT2D eigenvalue weighted by Crippen LogP contribution is -2.16. The van der Waals surface area contributed by atoms with Crippen LogP contribution < -0.4 is 5.43 Å². The van der Waals surface area contributed by atoms with Crippen LogP contribution >= 0.6 is 15.9 Å². The number of carbonyl (C=O) groups excluding carboxylic acids is 1. The summed E-state index contributed by atoms with van der Waals surface area (Å²) >= 11 is 3.43. The van der Waals surface area contributed by atoms with Crippen LogP contribution in [0.4, 0.5) is 0 Å². The average molecular weight is 522 g/mol. The van der Waals surface area contributed by atoms with Crippen LogP contribution in [0.15, 0.2) is 111 Å². The third kappa shape index (κ3) is 4.13. The van der Waals surface area contributed by atoms with Crippen molar-refractivity contribution < 1.29 is 9.21 Å². The number of nitrogens with zero attached hydrogens (tertiary/aromatic N) is 2. The molecular weight excluding hydrogens is 502 g/mol. The molecule has 2 heterocycles. The molecule has 0 atom stereocenters. The van der Waals surface area contributed by atoms with Crippen LogP contribution in [0.2, 0.25) is 0 Å². The minimum Gasteiger partial charge on any atom is -0.451 e. The monoisotopic (exact) mass is 521 g/mol. The summed E-state index contributed by atoms with van der Waals surface area (Å²) in [4.78, 5) is 12.6. The minimum atomic E-state index is -0.395. The van der Waals surface area contributed by atoms with Crippen molar-refractivity contribution in [1.29, 1.82) is 0 Å². The van der Waals surface area contributed by atoms with E-state index in [0.29, 0.717) is 5.58 Å². The average Bonchev–Trinajstić information content (AvgIpc) is 3.46. The molecule has 1 N–H and O–H groups in total. The van der Waals surface area contributed by atoms with E-state index >= 15 is 0 Å². The summed E-state index contributed by atoms with van der Waals surface area (Å²) in [6, 6.07) is 30.3. The molecule has 0 saturated heterocycles. The van der Waals surface area contributed by atoms with Crippen molar-refractivity contribution in [2.45, 2.75) is 6.54 Å². The highest BCUT2D eigenvalue weighted by molar-refractivity contribution is 9.10. The molecule has 170 valence electrons. The molecule has 0 unspecified atom stereocenters. The highest BCUT2D eigenvalue weighted by atomic mass is 79.9. The first-order valence-electron chi connectivity index (χ1n) is 11.2. The van der Waals surface area contributed by atoms with Gasteiger partial charge in [0, 0.05) is 39.1 Å². The van der Waals surface area contributed by atoms with Crippen LogP contribution in [-0.2, 0) is 6.54 Å². The Labute approximate surface area is 209 Å². The largest absolute Gasteiger partial charge is 0.451 e. The van der Waals surface area contributed by atoms with Crippen LogP contribution in [0.5, 0.6) is 0 Å². The molecule has 6 aromatic rings. The van der Waals surface area contributed by atoms with Crippen LogP contribution in [0.25, 0.3) is 32.6 Å². The molecule has 0 spiro atoms. The Kier molecular flexibility index (Phi) is 5.43. The Morgan fingerprint density at radius 1 is 0.914 bits per heavy atom. The molecule has 5 nitrogen and oxygen atoms in total. The maximum atomic E-state index is 12.6. The molecule has 0 aliphatic carbocycles. The predicted octanol–water partition coefficient (Wildman–Crippen LogP) is 7.12. The summed E-state index contributed by atoms with van der Waals surface area (Å²) in [7, 11) is 0. The predicted molar refractivity (Wildman–Crippen MR) is 144 cm³/mol. The number of fused-ring (bicyclic) bond motifs is 3. The van der Waals surface area contributed by atoms with Gasteiger partial charge in [-0.05, 0) is 46.7 Å². The summed E-state index contributed by atoms with van der Waals surface area (Å²) in [6.07, 6.45) is 3.75. The standard InChI is InChI=1S/C29H20BrN3O2/c30-23-12-13-27-21(14-23)15-28(35-27)29(34)32-31-16-22-18-33(26-11-4-3-10-25(22)26)17-20-8-5-7-19-6-1-2-9-24(19)20/h1-16,18H,17H2,(H,32,34)/b31-16+. The second-order valence-electron chi connectivity index (χ2n) is 8.36. The fourth-order valence-corrected chi connectivity index (χ4v) is 4.84. The van der Waals surface area contributed by atoms with Crippen molar-refractivity contribution in [3.63, 3.8) is 0 Å². The van der Waals surface area contributed by atoms with Gasteiger partial charge in [-0.15, -0.1) is 0 Å². The molecule has 1 amide bonds. The van der Waals surface area contributed by atoms with Gasteiger partial charge in [-0.25, -0.2) is 5.43 Å². The number of furan rings is 1. The van der Waals surface area contributed by atoms with Gasteiger partial charge in [-0.2, -0.15) is 5.10 Å². The van der Waals surface area contributed by atoms with Gasteiger partial charge in [-0.3, -0.25) is 4.79 Å². The Morgan fingerprint density at radius 3 is 2.63 bits per heavy atom. The van der Waals surface area contributed by atoms with Crippen molar-refractivity contribution >= 4 is 60.7 Å². The first kappa shape index (κ1) is 21.4. The summed E-state index contributed by atoms with van der Waals surface area (Å²) in [5, 5.41) is 8.61. The molecule has 2 aromatic heterocycles. The van der Waals surface area contributed by atoms with E-state index in [2.05, 4.69) is 91.8 Å². The number of aromatic nitrogens is 1. The lowest BCUT2D eigenvalue weighted by Gasteiger charge is -2.09. The number of carbonyl (C=O) groups is 1. The number of rotatable bonds is 5. The van der Waals surface area contributed by atoms with E-state index in [-0.39, 0.29) is 5.76 Å². The summed E-state index contributed by atoms with van der Waals surface area (Å²) in [6.45, 7) is 0.733. The fourth-order valence-electron chi connectivity index (χ4n) is 4.46. The smallest absolute Gasteiger partial charge is 0.307 e. The zero-order valence-electron chi connectivity index (χ0n) is 18.6. The van der Waals surface area contributed by atoms with Crippen LogP contribution in [-0.4, -0.2) is 16.7 Å². The fraction of sp³-hybridized carbons (Fsp3) is 0.0345. The lowest BCUT2D eigenvalue weighted by molar-refractivity contribution is 0.0929. The quantitative estimate of drug-likeness (QED) is 0.194.